The summed E-state index contributed by atoms with van der Waals surface area (Å²) in [6, 6.07) is 3.07. The molecule has 1 aromatic heterocycles. The highest BCUT2D eigenvalue weighted by Gasteiger charge is 2.25. The van der Waals surface area contributed by atoms with Crippen LogP contribution < -0.4 is 11.1 Å². The van der Waals surface area contributed by atoms with Crippen molar-refractivity contribution in [3.8, 4) is 0 Å². The van der Waals surface area contributed by atoms with Gasteiger partial charge in [0.15, 0.2) is 0 Å². The number of carbonyl (C=O) groups excluding carboxylic acids is 1. The van der Waals surface area contributed by atoms with Crippen LogP contribution in [0.15, 0.2) is 18.3 Å². The van der Waals surface area contributed by atoms with Crippen LogP contribution in [0.5, 0.6) is 0 Å². The van der Waals surface area contributed by atoms with E-state index in [1.807, 2.05) is 0 Å². The predicted molar refractivity (Wildman–Crippen MR) is 73.3 cm³/mol. The van der Waals surface area contributed by atoms with E-state index in [-0.39, 0.29) is 12.5 Å². The smallest absolute Gasteiger partial charge is 0.321 e. The van der Waals surface area contributed by atoms with Crippen molar-refractivity contribution in [3.63, 3.8) is 0 Å². The molecule has 1 aromatic rings. The molecule has 108 valence electrons. The number of pyridine rings is 1. The van der Waals surface area contributed by atoms with Crippen LogP contribution in [-0.4, -0.2) is 46.6 Å². The zero-order valence-electron chi connectivity index (χ0n) is 11.1. The van der Waals surface area contributed by atoms with Crippen LogP contribution in [-0.2, 0) is 11.2 Å². The van der Waals surface area contributed by atoms with Crippen molar-refractivity contribution >= 4 is 17.7 Å². The van der Waals surface area contributed by atoms with Crippen molar-refractivity contribution in [2.45, 2.75) is 12.8 Å². The molecule has 0 bridgehead atoms. The number of hydrogen-bond acceptors (Lipinski definition) is 4. The van der Waals surface area contributed by atoms with E-state index in [9.17, 15) is 9.59 Å². The normalized spacial score (nSPS) is 18.1. The summed E-state index contributed by atoms with van der Waals surface area (Å²) in [5, 5.41) is 11.4. The molecule has 7 heteroatoms. The van der Waals surface area contributed by atoms with Gasteiger partial charge in [0.05, 0.1) is 24.0 Å². The zero-order chi connectivity index (χ0) is 14.5. The predicted octanol–water partition coefficient (Wildman–Crippen LogP) is 0.521. The Labute approximate surface area is 116 Å². The summed E-state index contributed by atoms with van der Waals surface area (Å²) < 4.78 is 0. The number of anilines is 1. The van der Waals surface area contributed by atoms with Gasteiger partial charge in [-0.2, -0.15) is 0 Å². The summed E-state index contributed by atoms with van der Waals surface area (Å²) in [6.07, 6.45) is 2.27. The average molecular weight is 278 g/mol. The van der Waals surface area contributed by atoms with Crippen LogP contribution in [0.4, 0.5) is 10.5 Å². The van der Waals surface area contributed by atoms with Gasteiger partial charge in [-0.25, -0.2) is 4.79 Å². The van der Waals surface area contributed by atoms with Gasteiger partial charge in [-0.05, 0) is 31.0 Å². The Hall–Kier alpha value is -2.15. The van der Waals surface area contributed by atoms with E-state index < -0.39 is 5.97 Å². The van der Waals surface area contributed by atoms with Gasteiger partial charge in [-0.3, -0.25) is 9.78 Å². The molecule has 2 heterocycles. The summed E-state index contributed by atoms with van der Waals surface area (Å²) in [5.41, 5.74) is 6.60. The number of aromatic nitrogens is 1. The Morgan fingerprint density at radius 3 is 2.85 bits per heavy atom. The summed E-state index contributed by atoms with van der Waals surface area (Å²) in [4.78, 5) is 28.2. The second kappa shape index (κ2) is 6.33. The van der Waals surface area contributed by atoms with Crippen molar-refractivity contribution in [2.24, 2.45) is 11.7 Å². The number of carboxylic acids is 1. The van der Waals surface area contributed by atoms with E-state index in [0.717, 1.165) is 6.42 Å². The van der Waals surface area contributed by atoms with Gasteiger partial charge in [0.25, 0.3) is 0 Å². The number of rotatable bonds is 4. The highest BCUT2D eigenvalue weighted by Crippen LogP contribution is 2.16. The quantitative estimate of drug-likeness (QED) is 0.744. The van der Waals surface area contributed by atoms with Crippen LogP contribution in [0.2, 0.25) is 0 Å². The standard InChI is InChI=1S/C13H18N4O3/c14-6-9-3-4-17(8-9)13(20)16-11-2-1-10(15-7-11)5-12(18)19/h1-2,7,9H,3-6,8,14H2,(H,16,20)(H,18,19). The fraction of sp³-hybridized carbons (Fsp3) is 0.462. The second-order valence-electron chi connectivity index (χ2n) is 4.88. The Balaban J connectivity index is 1.90. The first-order valence-electron chi connectivity index (χ1n) is 6.51. The number of nitrogens with one attached hydrogen (secondary N) is 1. The SMILES string of the molecule is NCC1CCN(C(=O)Nc2ccc(CC(=O)O)nc2)C1. The van der Waals surface area contributed by atoms with Crippen LogP contribution in [0, 0.1) is 5.92 Å². The fourth-order valence-electron chi connectivity index (χ4n) is 2.17. The summed E-state index contributed by atoms with van der Waals surface area (Å²) >= 11 is 0. The van der Waals surface area contributed by atoms with Crippen molar-refractivity contribution in [2.75, 3.05) is 25.0 Å². The van der Waals surface area contributed by atoms with Crippen LogP contribution in [0.25, 0.3) is 0 Å². The lowest BCUT2D eigenvalue weighted by Crippen LogP contribution is -2.33. The minimum Gasteiger partial charge on any atom is -0.481 e. The lowest BCUT2D eigenvalue weighted by Gasteiger charge is -2.17. The van der Waals surface area contributed by atoms with Gasteiger partial charge in [0.1, 0.15) is 0 Å². The van der Waals surface area contributed by atoms with E-state index in [4.69, 9.17) is 10.8 Å². The van der Waals surface area contributed by atoms with E-state index in [2.05, 4.69) is 10.3 Å². The van der Waals surface area contributed by atoms with Crippen molar-refractivity contribution in [1.82, 2.24) is 9.88 Å². The first-order valence-corrected chi connectivity index (χ1v) is 6.51. The molecule has 1 unspecified atom stereocenters. The van der Waals surface area contributed by atoms with Crippen LogP contribution >= 0.6 is 0 Å². The molecule has 1 fully saturated rings. The molecule has 2 amide bonds. The van der Waals surface area contributed by atoms with E-state index >= 15 is 0 Å². The second-order valence-corrected chi connectivity index (χ2v) is 4.88. The number of carboxylic acid groups (broad SMARTS) is 1. The molecule has 20 heavy (non-hydrogen) atoms. The number of carbonyl (C=O) groups is 2. The zero-order valence-corrected chi connectivity index (χ0v) is 11.1. The van der Waals surface area contributed by atoms with Crippen LogP contribution in [0.1, 0.15) is 12.1 Å². The number of aliphatic carboxylic acids is 1. The highest BCUT2D eigenvalue weighted by molar-refractivity contribution is 5.89. The maximum Gasteiger partial charge on any atom is 0.321 e. The molecular formula is C13H18N4O3. The third-order valence-corrected chi connectivity index (χ3v) is 3.31. The molecule has 0 saturated carbocycles. The van der Waals surface area contributed by atoms with E-state index in [1.165, 1.54) is 6.20 Å². The number of nitrogens with zero attached hydrogens (tertiary/aromatic N) is 2. The topological polar surface area (TPSA) is 109 Å². The summed E-state index contributed by atoms with van der Waals surface area (Å²) in [6.45, 7) is 1.97. The Morgan fingerprint density at radius 2 is 2.30 bits per heavy atom. The van der Waals surface area contributed by atoms with Gasteiger partial charge in [-0.15, -0.1) is 0 Å². The molecule has 0 radical (unpaired) electrons. The molecular weight excluding hydrogens is 260 g/mol. The number of nitrogens with two attached hydrogens (primary N) is 1. The van der Waals surface area contributed by atoms with Gasteiger partial charge >= 0.3 is 12.0 Å². The molecule has 0 aromatic carbocycles. The van der Waals surface area contributed by atoms with Crippen LogP contribution in [0.3, 0.4) is 0 Å². The third kappa shape index (κ3) is 3.67. The molecule has 4 N–H and O–H groups in total. The summed E-state index contributed by atoms with van der Waals surface area (Å²) in [5.74, 6) is -0.559. The van der Waals surface area contributed by atoms with Crippen molar-refractivity contribution < 1.29 is 14.7 Å². The Kier molecular flexibility index (Phi) is 4.52. The Bertz CT molecular complexity index is 489. The first-order chi connectivity index (χ1) is 9.58. The van der Waals surface area contributed by atoms with Gasteiger partial charge in [0.2, 0.25) is 0 Å². The third-order valence-electron chi connectivity index (χ3n) is 3.31. The van der Waals surface area contributed by atoms with Gasteiger partial charge in [-0.1, -0.05) is 0 Å². The van der Waals surface area contributed by atoms with E-state index in [0.29, 0.717) is 36.9 Å². The fourth-order valence-corrected chi connectivity index (χ4v) is 2.17. The number of urea groups is 1. The van der Waals surface area contributed by atoms with Gasteiger partial charge < -0.3 is 21.1 Å². The maximum absolute atomic E-state index is 12.0. The molecule has 0 aliphatic carbocycles. The largest absolute Gasteiger partial charge is 0.481 e. The molecule has 1 aliphatic heterocycles. The van der Waals surface area contributed by atoms with Gasteiger partial charge in [0, 0.05) is 13.1 Å². The molecule has 1 saturated heterocycles. The average Bonchev–Trinajstić information content (AvgIpc) is 2.89. The molecule has 0 spiro atoms. The highest BCUT2D eigenvalue weighted by atomic mass is 16.4. The van der Waals surface area contributed by atoms with Crippen molar-refractivity contribution in [1.29, 1.82) is 0 Å². The molecule has 1 atom stereocenters. The lowest BCUT2D eigenvalue weighted by molar-refractivity contribution is -0.136. The Morgan fingerprint density at radius 1 is 1.50 bits per heavy atom. The summed E-state index contributed by atoms with van der Waals surface area (Å²) in [7, 11) is 0. The van der Waals surface area contributed by atoms with Crippen molar-refractivity contribution in [3.05, 3.63) is 24.0 Å². The van der Waals surface area contributed by atoms with E-state index in [1.54, 1.807) is 17.0 Å². The first kappa shape index (κ1) is 14.3. The molecule has 2 rings (SSSR count). The number of amides is 2. The number of likely N-dealkylation sites (tertiary alicyclic amines) is 1. The number of hydrogen-bond donors (Lipinski definition) is 3. The lowest BCUT2D eigenvalue weighted by atomic mass is 10.1. The molecule has 1 aliphatic rings. The monoisotopic (exact) mass is 278 g/mol. The minimum absolute atomic E-state index is 0.126. The maximum atomic E-state index is 12.0. The molecule has 7 nitrogen and oxygen atoms in total. The minimum atomic E-state index is -0.931.